The normalized spacial score (nSPS) is 15.1. The molecule has 0 amide bonds. The topological polar surface area (TPSA) is 66.4 Å². The molecule has 0 N–H and O–H groups in total. The van der Waals surface area contributed by atoms with Gasteiger partial charge in [-0.15, -0.1) is 0 Å². The summed E-state index contributed by atoms with van der Waals surface area (Å²) in [4.78, 5) is 11.0. The highest BCUT2D eigenvalue weighted by Gasteiger charge is 2.32. The number of hydrogen-bond acceptors (Lipinski definition) is 5. The highest BCUT2D eigenvalue weighted by atomic mass is 32.2. The van der Waals surface area contributed by atoms with Crippen molar-refractivity contribution < 1.29 is 12.8 Å². The lowest BCUT2D eigenvalue weighted by molar-refractivity contribution is 0.384. The number of nitrogens with zero attached hydrogens (tertiary/aromatic N) is 4. The zero-order valence-electron chi connectivity index (χ0n) is 14.7. The fraction of sp³-hybridized carbons (Fsp3) is 0.412. The van der Waals surface area contributed by atoms with Gasteiger partial charge in [-0.2, -0.15) is 4.31 Å². The van der Waals surface area contributed by atoms with Crippen LogP contribution < -0.4 is 4.90 Å². The number of fused-ring (bicyclic) bond motifs is 1. The third kappa shape index (κ3) is 3.23. The fourth-order valence-corrected chi connectivity index (χ4v) is 4.73. The number of rotatable bonds is 3. The predicted molar refractivity (Wildman–Crippen MR) is 93.5 cm³/mol. The predicted octanol–water partition coefficient (Wildman–Crippen LogP) is 2.05. The molecule has 6 nitrogen and oxygen atoms in total. The lowest BCUT2D eigenvalue weighted by atomic mass is 10.1. The average molecular weight is 364 g/mol. The molecule has 25 heavy (non-hydrogen) atoms. The summed E-state index contributed by atoms with van der Waals surface area (Å²) in [6.07, 6.45) is 0.544. The first kappa shape index (κ1) is 17.8. The zero-order chi connectivity index (χ0) is 18.4. The summed E-state index contributed by atoms with van der Waals surface area (Å²) in [6, 6.07) is 3.74. The fourth-order valence-electron chi connectivity index (χ4n) is 3.12. The van der Waals surface area contributed by atoms with Crippen LogP contribution in [0.3, 0.4) is 0 Å². The summed E-state index contributed by atoms with van der Waals surface area (Å²) in [5, 5.41) is 0. The smallest absolute Gasteiger partial charge is 0.243 e. The minimum Gasteiger partial charge on any atom is -0.362 e. The van der Waals surface area contributed by atoms with Crippen LogP contribution in [0, 0.1) is 19.7 Å². The van der Waals surface area contributed by atoms with Crippen molar-refractivity contribution in [2.45, 2.75) is 31.7 Å². The molecule has 2 aromatic rings. The molecule has 0 bridgehead atoms. The van der Waals surface area contributed by atoms with Crippen molar-refractivity contribution in [3.05, 3.63) is 46.7 Å². The van der Waals surface area contributed by atoms with Crippen LogP contribution in [0.15, 0.2) is 23.1 Å². The van der Waals surface area contributed by atoms with Gasteiger partial charge in [-0.3, -0.25) is 0 Å². The monoisotopic (exact) mass is 364 g/mol. The van der Waals surface area contributed by atoms with E-state index in [4.69, 9.17) is 0 Å². The van der Waals surface area contributed by atoms with Gasteiger partial charge in [-0.1, -0.05) is 0 Å². The molecule has 0 saturated carbocycles. The van der Waals surface area contributed by atoms with Gasteiger partial charge in [0.25, 0.3) is 0 Å². The van der Waals surface area contributed by atoms with Crippen molar-refractivity contribution in [2.24, 2.45) is 0 Å². The molecule has 8 heteroatoms. The Morgan fingerprint density at radius 3 is 2.56 bits per heavy atom. The molecule has 1 aliphatic rings. The van der Waals surface area contributed by atoms with Crippen LogP contribution in [0.2, 0.25) is 0 Å². The molecule has 0 radical (unpaired) electrons. The Bertz CT molecular complexity index is 928. The van der Waals surface area contributed by atoms with Crippen LogP contribution in [0.25, 0.3) is 0 Å². The molecular weight excluding hydrogens is 343 g/mol. The standard InChI is InChI=1S/C17H21FN4O2S/c1-11-9-13(18)5-6-16(11)25(23,24)22-8-7-14-15(10-22)19-12(2)20-17(14)21(3)4/h5-6,9H,7-8,10H2,1-4H3. The molecule has 0 atom stereocenters. The van der Waals surface area contributed by atoms with E-state index in [1.807, 2.05) is 19.0 Å². The summed E-state index contributed by atoms with van der Waals surface area (Å²) < 4.78 is 40.7. The van der Waals surface area contributed by atoms with Crippen molar-refractivity contribution in [3.8, 4) is 0 Å². The quantitative estimate of drug-likeness (QED) is 0.834. The molecule has 1 aliphatic heterocycles. The van der Waals surface area contributed by atoms with E-state index in [2.05, 4.69) is 9.97 Å². The number of halogens is 1. The van der Waals surface area contributed by atoms with E-state index in [1.165, 1.54) is 22.5 Å². The third-order valence-corrected chi connectivity index (χ3v) is 6.30. The van der Waals surface area contributed by atoms with Crippen molar-refractivity contribution in [3.63, 3.8) is 0 Å². The van der Waals surface area contributed by atoms with E-state index in [1.54, 1.807) is 13.8 Å². The van der Waals surface area contributed by atoms with Gasteiger partial charge in [0.2, 0.25) is 10.0 Å². The van der Waals surface area contributed by atoms with E-state index < -0.39 is 15.8 Å². The highest BCUT2D eigenvalue weighted by Crippen LogP contribution is 2.29. The number of sulfonamides is 1. The van der Waals surface area contributed by atoms with Crippen molar-refractivity contribution >= 4 is 15.8 Å². The Labute approximate surface area is 147 Å². The van der Waals surface area contributed by atoms with E-state index in [0.29, 0.717) is 24.4 Å². The lowest BCUT2D eigenvalue weighted by Gasteiger charge is -2.30. The van der Waals surface area contributed by atoms with Gasteiger partial charge in [0, 0.05) is 26.2 Å². The number of aryl methyl sites for hydroxylation is 2. The van der Waals surface area contributed by atoms with Crippen LogP contribution in [0.5, 0.6) is 0 Å². The molecule has 134 valence electrons. The molecule has 0 aliphatic carbocycles. The van der Waals surface area contributed by atoms with Crippen molar-refractivity contribution in [1.29, 1.82) is 0 Å². The zero-order valence-corrected chi connectivity index (χ0v) is 15.6. The summed E-state index contributed by atoms with van der Waals surface area (Å²) >= 11 is 0. The molecule has 1 aromatic heterocycles. The maximum absolute atomic E-state index is 13.3. The Morgan fingerprint density at radius 2 is 1.92 bits per heavy atom. The number of hydrogen-bond donors (Lipinski definition) is 0. The lowest BCUT2D eigenvalue weighted by Crippen LogP contribution is -2.37. The second-order valence-corrected chi connectivity index (χ2v) is 8.32. The molecule has 2 heterocycles. The molecular formula is C17H21FN4O2S. The number of aromatic nitrogens is 2. The van der Waals surface area contributed by atoms with Gasteiger partial charge in [0.15, 0.2) is 0 Å². The van der Waals surface area contributed by atoms with Gasteiger partial charge in [0.1, 0.15) is 17.5 Å². The molecule has 0 saturated heterocycles. The van der Waals surface area contributed by atoms with Gasteiger partial charge >= 0.3 is 0 Å². The first-order valence-corrected chi connectivity index (χ1v) is 9.44. The SMILES string of the molecule is Cc1nc2c(c(N(C)C)n1)CCN(S(=O)(=O)c1ccc(F)cc1C)C2. The van der Waals surface area contributed by atoms with E-state index >= 15 is 0 Å². The second-order valence-electron chi connectivity index (χ2n) is 6.41. The van der Waals surface area contributed by atoms with Gasteiger partial charge in [-0.25, -0.2) is 22.8 Å². The average Bonchev–Trinajstić information content (AvgIpc) is 2.52. The summed E-state index contributed by atoms with van der Waals surface area (Å²) in [5.74, 6) is 0.997. The molecule has 0 fully saturated rings. The Morgan fingerprint density at radius 1 is 1.20 bits per heavy atom. The second kappa shape index (κ2) is 6.34. The van der Waals surface area contributed by atoms with E-state index in [0.717, 1.165) is 17.1 Å². The molecule has 0 unspecified atom stereocenters. The third-order valence-electron chi connectivity index (χ3n) is 4.30. The summed E-state index contributed by atoms with van der Waals surface area (Å²) in [5.41, 5.74) is 2.11. The summed E-state index contributed by atoms with van der Waals surface area (Å²) in [7, 11) is 0.114. The highest BCUT2D eigenvalue weighted by molar-refractivity contribution is 7.89. The largest absolute Gasteiger partial charge is 0.362 e. The maximum Gasteiger partial charge on any atom is 0.243 e. The van der Waals surface area contributed by atoms with Crippen LogP contribution in [0.1, 0.15) is 22.6 Å². The Balaban J connectivity index is 2.00. The molecule has 1 aromatic carbocycles. The minimum atomic E-state index is -3.71. The minimum absolute atomic E-state index is 0.135. The van der Waals surface area contributed by atoms with E-state index in [-0.39, 0.29) is 11.4 Å². The molecule has 3 rings (SSSR count). The van der Waals surface area contributed by atoms with Crippen molar-refractivity contribution in [1.82, 2.24) is 14.3 Å². The molecule has 0 spiro atoms. The number of anilines is 1. The Hall–Kier alpha value is -2.06. The van der Waals surface area contributed by atoms with Crippen LogP contribution >= 0.6 is 0 Å². The van der Waals surface area contributed by atoms with E-state index in [9.17, 15) is 12.8 Å². The first-order chi connectivity index (χ1) is 11.7. The Kier molecular flexibility index (Phi) is 4.51. The van der Waals surface area contributed by atoms with Crippen LogP contribution in [-0.4, -0.2) is 43.3 Å². The van der Waals surface area contributed by atoms with Gasteiger partial charge < -0.3 is 4.90 Å². The summed E-state index contributed by atoms with van der Waals surface area (Å²) in [6.45, 7) is 3.94. The number of benzene rings is 1. The van der Waals surface area contributed by atoms with Gasteiger partial charge in [0.05, 0.1) is 17.1 Å². The van der Waals surface area contributed by atoms with Crippen molar-refractivity contribution in [2.75, 3.05) is 25.5 Å². The van der Waals surface area contributed by atoms with Gasteiger partial charge in [-0.05, 0) is 44.0 Å². The van der Waals surface area contributed by atoms with Crippen LogP contribution in [-0.2, 0) is 23.0 Å². The first-order valence-electron chi connectivity index (χ1n) is 8.00. The van der Waals surface area contributed by atoms with Crippen LogP contribution in [0.4, 0.5) is 10.2 Å². The maximum atomic E-state index is 13.3.